The van der Waals surface area contributed by atoms with Gasteiger partial charge in [0.1, 0.15) is 0 Å². The van der Waals surface area contributed by atoms with E-state index in [2.05, 4.69) is 17.6 Å². The van der Waals surface area contributed by atoms with Gasteiger partial charge in [0, 0.05) is 6.54 Å². The highest BCUT2D eigenvalue weighted by atomic mass is 14.9. The van der Waals surface area contributed by atoms with Gasteiger partial charge in [-0.25, -0.2) is 0 Å². The second-order valence-electron chi connectivity index (χ2n) is 2.66. The van der Waals surface area contributed by atoms with Crippen LogP contribution < -0.4 is 10.6 Å². The Hall–Kier alpha value is -0.750. The largest absolute Gasteiger partial charge is 0.324 e. The number of hydrogen-bond acceptors (Lipinski definition) is 3. The van der Waals surface area contributed by atoms with Crippen molar-refractivity contribution in [2.24, 2.45) is 5.92 Å². The highest BCUT2D eigenvalue weighted by Crippen LogP contribution is 2.04. The summed E-state index contributed by atoms with van der Waals surface area (Å²) in [4.78, 5) is 0. The van der Waals surface area contributed by atoms with Crippen LogP contribution in [0.25, 0.3) is 0 Å². The van der Waals surface area contributed by atoms with Crippen molar-refractivity contribution in [1.29, 1.82) is 5.26 Å². The lowest BCUT2D eigenvalue weighted by molar-refractivity contribution is 0.452. The standard InChI is InChI=1S/C8H17N3/c1-3-8(4-5-10-2)6-11-7-9/h8,10-11H,3-6H2,1-2H3. The summed E-state index contributed by atoms with van der Waals surface area (Å²) in [6.45, 7) is 4.00. The van der Waals surface area contributed by atoms with Gasteiger partial charge in [-0.2, -0.15) is 5.26 Å². The van der Waals surface area contributed by atoms with Gasteiger partial charge in [0.15, 0.2) is 6.19 Å². The topological polar surface area (TPSA) is 47.8 Å². The van der Waals surface area contributed by atoms with Crippen LogP contribution in [-0.2, 0) is 0 Å². The maximum Gasteiger partial charge on any atom is 0.176 e. The molecule has 0 bridgehead atoms. The zero-order chi connectivity index (χ0) is 8.53. The predicted molar refractivity (Wildman–Crippen MR) is 45.9 cm³/mol. The highest BCUT2D eigenvalue weighted by Gasteiger charge is 2.03. The third kappa shape index (κ3) is 5.68. The summed E-state index contributed by atoms with van der Waals surface area (Å²) < 4.78 is 0. The maximum absolute atomic E-state index is 8.26. The molecule has 3 nitrogen and oxygen atoms in total. The lowest BCUT2D eigenvalue weighted by Crippen LogP contribution is -2.21. The molecule has 0 spiro atoms. The van der Waals surface area contributed by atoms with Gasteiger partial charge in [0.2, 0.25) is 0 Å². The van der Waals surface area contributed by atoms with Crippen LogP contribution in [0, 0.1) is 17.4 Å². The van der Waals surface area contributed by atoms with Crippen molar-refractivity contribution in [3.63, 3.8) is 0 Å². The molecule has 0 radical (unpaired) electrons. The molecule has 0 heterocycles. The molecule has 1 atom stereocenters. The van der Waals surface area contributed by atoms with E-state index >= 15 is 0 Å². The Kier molecular flexibility index (Phi) is 6.86. The molecule has 11 heavy (non-hydrogen) atoms. The molecule has 0 saturated heterocycles. The molecule has 0 aliphatic carbocycles. The van der Waals surface area contributed by atoms with Crippen LogP contribution in [0.2, 0.25) is 0 Å². The molecule has 64 valence electrons. The van der Waals surface area contributed by atoms with E-state index in [0.717, 1.165) is 25.9 Å². The molecule has 0 aliphatic rings. The molecular formula is C8H17N3. The first kappa shape index (κ1) is 10.2. The van der Waals surface area contributed by atoms with E-state index in [1.54, 1.807) is 0 Å². The Morgan fingerprint density at radius 3 is 2.73 bits per heavy atom. The van der Waals surface area contributed by atoms with E-state index in [0.29, 0.717) is 5.92 Å². The Morgan fingerprint density at radius 2 is 2.27 bits per heavy atom. The Labute approximate surface area is 68.8 Å². The number of nitriles is 1. The minimum atomic E-state index is 0.627. The van der Waals surface area contributed by atoms with Crippen molar-refractivity contribution < 1.29 is 0 Å². The maximum atomic E-state index is 8.26. The van der Waals surface area contributed by atoms with Crippen LogP contribution in [-0.4, -0.2) is 20.1 Å². The van der Waals surface area contributed by atoms with Crippen LogP contribution in [0.4, 0.5) is 0 Å². The first-order valence-corrected chi connectivity index (χ1v) is 4.11. The molecule has 0 rings (SSSR count). The van der Waals surface area contributed by atoms with Crippen molar-refractivity contribution in [2.75, 3.05) is 20.1 Å². The van der Waals surface area contributed by atoms with Crippen molar-refractivity contribution in [2.45, 2.75) is 19.8 Å². The summed E-state index contributed by atoms with van der Waals surface area (Å²) in [5.41, 5.74) is 0. The quantitative estimate of drug-likeness (QED) is 0.438. The van der Waals surface area contributed by atoms with Crippen molar-refractivity contribution in [3.8, 4) is 6.19 Å². The summed E-state index contributed by atoms with van der Waals surface area (Å²) in [6.07, 6.45) is 4.21. The fourth-order valence-electron chi connectivity index (χ4n) is 0.989. The second kappa shape index (κ2) is 7.36. The molecule has 0 aliphatic heterocycles. The molecule has 2 N–H and O–H groups in total. The Bertz CT molecular complexity index is 117. The first-order chi connectivity index (χ1) is 5.35. The smallest absolute Gasteiger partial charge is 0.176 e. The van der Waals surface area contributed by atoms with Gasteiger partial charge >= 0.3 is 0 Å². The number of nitrogens with zero attached hydrogens (tertiary/aromatic N) is 1. The van der Waals surface area contributed by atoms with Gasteiger partial charge in [0.05, 0.1) is 0 Å². The minimum Gasteiger partial charge on any atom is -0.324 e. The molecule has 0 aromatic rings. The Balaban J connectivity index is 3.34. The van der Waals surface area contributed by atoms with Crippen LogP contribution in [0.1, 0.15) is 19.8 Å². The minimum absolute atomic E-state index is 0.627. The van der Waals surface area contributed by atoms with Crippen LogP contribution in [0.5, 0.6) is 0 Å². The van der Waals surface area contributed by atoms with Crippen molar-refractivity contribution >= 4 is 0 Å². The average Bonchev–Trinajstić information content (AvgIpc) is 2.05. The molecule has 0 amide bonds. The lowest BCUT2D eigenvalue weighted by atomic mass is 10.0. The molecule has 0 aromatic carbocycles. The first-order valence-electron chi connectivity index (χ1n) is 4.11. The molecule has 0 aromatic heterocycles. The summed E-state index contributed by atoms with van der Waals surface area (Å²) in [5, 5.41) is 14.0. The zero-order valence-corrected chi connectivity index (χ0v) is 7.35. The molecule has 0 saturated carbocycles. The van der Waals surface area contributed by atoms with Crippen LogP contribution >= 0.6 is 0 Å². The van der Waals surface area contributed by atoms with E-state index in [1.807, 2.05) is 13.2 Å². The third-order valence-electron chi connectivity index (χ3n) is 1.85. The summed E-state index contributed by atoms with van der Waals surface area (Å²) >= 11 is 0. The van der Waals surface area contributed by atoms with Gasteiger partial charge in [-0.1, -0.05) is 13.3 Å². The van der Waals surface area contributed by atoms with E-state index in [1.165, 1.54) is 0 Å². The van der Waals surface area contributed by atoms with Crippen LogP contribution in [0.3, 0.4) is 0 Å². The molecular weight excluding hydrogens is 138 g/mol. The predicted octanol–water partition coefficient (Wildman–Crippen LogP) is 0.693. The normalized spacial score (nSPS) is 12.1. The van der Waals surface area contributed by atoms with E-state index in [-0.39, 0.29) is 0 Å². The highest BCUT2D eigenvalue weighted by molar-refractivity contribution is 4.69. The van der Waals surface area contributed by atoms with Gasteiger partial charge in [-0.3, -0.25) is 0 Å². The summed E-state index contributed by atoms with van der Waals surface area (Å²) in [6, 6.07) is 0. The zero-order valence-electron chi connectivity index (χ0n) is 7.35. The number of hydrogen-bond donors (Lipinski definition) is 2. The average molecular weight is 155 g/mol. The fourth-order valence-corrected chi connectivity index (χ4v) is 0.989. The lowest BCUT2D eigenvalue weighted by Gasteiger charge is -2.12. The summed E-state index contributed by atoms with van der Waals surface area (Å²) in [7, 11) is 1.95. The molecule has 3 heteroatoms. The molecule has 1 unspecified atom stereocenters. The monoisotopic (exact) mass is 155 g/mol. The van der Waals surface area contributed by atoms with Crippen molar-refractivity contribution in [3.05, 3.63) is 0 Å². The fraction of sp³-hybridized carbons (Fsp3) is 0.875. The SMILES string of the molecule is CCC(CCNC)CNC#N. The van der Waals surface area contributed by atoms with E-state index < -0.39 is 0 Å². The van der Waals surface area contributed by atoms with Crippen LogP contribution in [0.15, 0.2) is 0 Å². The number of rotatable bonds is 6. The van der Waals surface area contributed by atoms with E-state index in [9.17, 15) is 0 Å². The number of nitrogens with one attached hydrogen (secondary N) is 2. The van der Waals surface area contributed by atoms with Gasteiger partial charge in [-0.15, -0.1) is 0 Å². The molecule has 0 fully saturated rings. The van der Waals surface area contributed by atoms with Gasteiger partial charge in [-0.05, 0) is 25.9 Å². The Morgan fingerprint density at radius 1 is 1.55 bits per heavy atom. The van der Waals surface area contributed by atoms with Gasteiger partial charge < -0.3 is 10.6 Å². The summed E-state index contributed by atoms with van der Waals surface area (Å²) in [5.74, 6) is 0.627. The van der Waals surface area contributed by atoms with E-state index in [4.69, 9.17) is 5.26 Å². The van der Waals surface area contributed by atoms with Crippen molar-refractivity contribution in [1.82, 2.24) is 10.6 Å². The third-order valence-corrected chi connectivity index (χ3v) is 1.85. The van der Waals surface area contributed by atoms with Gasteiger partial charge in [0.25, 0.3) is 0 Å². The second-order valence-corrected chi connectivity index (χ2v) is 2.66.